The Kier molecular flexibility index (Phi) is 2.83. The molecule has 0 radical (unpaired) electrons. The van der Waals surface area contributed by atoms with Gasteiger partial charge in [-0.05, 0) is 11.6 Å². The van der Waals surface area contributed by atoms with Gasteiger partial charge in [-0.15, -0.1) is 0 Å². The van der Waals surface area contributed by atoms with Crippen molar-refractivity contribution in [3.8, 4) is 5.75 Å². The summed E-state index contributed by atoms with van der Waals surface area (Å²) in [7, 11) is 0. The number of carbonyl (C=O) groups is 1. The van der Waals surface area contributed by atoms with Gasteiger partial charge in [0.1, 0.15) is 23.4 Å². The van der Waals surface area contributed by atoms with E-state index in [4.69, 9.17) is 10.5 Å². The van der Waals surface area contributed by atoms with Gasteiger partial charge in [-0.2, -0.15) is 5.10 Å². The lowest BCUT2D eigenvalue weighted by Crippen LogP contribution is -2.34. The van der Waals surface area contributed by atoms with Gasteiger partial charge in [0.2, 0.25) is 0 Å². The number of aromatic amines is 1. The standard InChI is InChI=1S/C13H14N4O2/c14-12-6-10(16-17-12)13(18)15-7-9-5-8-3-1-2-4-11(8)19-9/h1-4,6,9H,5,7H2,(H,15,18)(H3,14,16,17). The van der Waals surface area contributed by atoms with E-state index in [0.29, 0.717) is 18.1 Å². The van der Waals surface area contributed by atoms with Crippen LogP contribution < -0.4 is 15.8 Å². The molecule has 3 rings (SSSR count). The van der Waals surface area contributed by atoms with Crippen molar-refractivity contribution in [3.05, 3.63) is 41.6 Å². The lowest BCUT2D eigenvalue weighted by molar-refractivity contribution is 0.0928. The highest BCUT2D eigenvalue weighted by atomic mass is 16.5. The fourth-order valence-electron chi connectivity index (χ4n) is 2.12. The van der Waals surface area contributed by atoms with Crippen LogP contribution in [0.1, 0.15) is 16.1 Å². The maximum atomic E-state index is 11.8. The number of nitrogens with zero attached hydrogens (tertiary/aromatic N) is 1. The number of H-pyrrole nitrogens is 1. The largest absolute Gasteiger partial charge is 0.488 e. The minimum absolute atomic E-state index is 0.0263. The van der Waals surface area contributed by atoms with Crippen LogP contribution in [0.4, 0.5) is 5.82 Å². The molecule has 2 heterocycles. The number of nitrogens with two attached hydrogens (primary N) is 1. The highest BCUT2D eigenvalue weighted by Crippen LogP contribution is 2.27. The molecule has 0 aliphatic carbocycles. The first-order valence-corrected chi connectivity index (χ1v) is 6.06. The van der Waals surface area contributed by atoms with E-state index in [-0.39, 0.29) is 12.0 Å². The summed E-state index contributed by atoms with van der Waals surface area (Å²) in [6.45, 7) is 0.451. The van der Waals surface area contributed by atoms with Crippen LogP contribution in [0.15, 0.2) is 30.3 Å². The molecule has 0 bridgehead atoms. The van der Waals surface area contributed by atoms with E-state index in [9.17, 15) is 4.79 Å². The Labute approximate surface area is 110 Å². The van der Waals surface area contributed by atoms with Gasteiger partial charge in [-0.3, -0.25) is 9.89 Å². The topological polar surface area (TPSA) is 93.0 Å². The maximum Gasteiger partial charge on any atom is 0.269 e. The van der Waals surface area contributed by atoms with Gasteiger partial charge in [0, 0.05) is 12.5 Å². The van der Waals surface area contributed by atoms with E-state index in [1.54, 1.807) is 0 Å². The molecule has 1 aromatic heterocycles. The Bertz CT molecular complexity index is 583. The number of hydrogen-bond acceptors (Lipinski definition) is 4. The van der Waals surface area contributed by atoms with Crippen LogP contribution in [0.5, 0.6) is 5.75 Å². The highest BCUT2D eigenvalue weighted by molar-refractivity contribution is 5.92. The van der Waals surface area contributed by atoms with Crippen molar-refractivity contribution in [2.45, 2.75) is 12.5 Å². The Morgan fingerprint density at radius 3 is 3.11 bits per heavy atom. The summed E-state index contributed by atoms with van der Waals surface area (Å²) < 4.78 is 5.73. The molecule has 19 heavy (non-hydrogen) atoms. The Morgan fingerprint density at radius 2 is 2.37 bits per heavy atom. The fourth-order valence-corrected chi connectivity index (χ4v) is 2.12. The molecule has 1 unspecified atom stereocenters. The second kappa shape index (κ2) is 4.64. The average molecular weight is 258 g/mol. The van der Waals surface area contributed by atoms with Gasteiger partial charge in [0.05, 0.1) is 6.54 Å². The first kappa shape index (κ1) is 11.6. The summed E-state index contributed by atoms with van der Waals surface area (Å²) in [6.07, 6.45) is 0.781. The van der Waals surface area contributed by atoms with Crippen LogP contribution in [-0.2, 0) is 6.42 Å². The SMILES string of the molecule is Nc1cc(C(=O)NCC2Cc3ccccc3O2)[nH]n1. The third-order valence-electron chi connectivity index (χ3n) is 3.05. The molecule has 0 spiro atoms. The van der Waals surface area contributed by atoms with Crippen molar-refractivity contribution in [1.82, 2.24) is 15.5 Å². The van der Waals surface area contributed by atoms with Gasteiger partial charge in [-0.1, -0.05) is 18.2 Å². The molecule has 1 aliphatic heterocycles. The molecule has 1 atom stereocenters. The van der Waals surface area contributed by atoms with Crippen LogP contribution >= 0.6 is 0 Å². The van der Waals surface area contributed by atoms with Gasteiger partial charge in [0.15, 0.2) is 0 Å². The van der Waals surface area contributed by atoms with E-state index in [2.05, 4.69) is 15.5 Å². The number of ether oxygens (including phenoxy) is 1. The Hall–Kier alpha value is -2.50. The number of amides is 1. The summed E-state index contributed by atoms with van der Waals surface area (Å²) in [5.74, 6) is 0.964. The molecule has 0 fully saturated rings. The number of benzene rings is 1. The van der Waals surface area contributed by atoms with Gasteiger partial charge in [-0.25, -0.2) is 0 Å². The van der Waals surface area contributed by atoms with Crippen molar-refractivity contribution in [2.75, 3.05) is 12.3 Å². The number of rotatable bonds is 3. The number of para-hydroxylation sites is 1. The molecular formula is C13H14N4O2. The maximum absolute atomic E-state index is 11.8. The monoisotopic (exact) mass is 258 g/mol. The fraction of sp³-hybridized carbons (Fsp3) is 0.231. The molecule has 6 nitrogen and oxygen atoms in total. The number of hydrogen-bond donors (Lipinski definition) is 3. The van der Waals surface area contributed by atoms with E-state index in [1.807, 2.05) is 24.3 Å². The first-order valence-electron chi connectivity index (χ1n) is 6.06. The predicted molar refractivity (Wildman–Crippen MR) is 69.9 cm³/mol. The molecule has 0 saturated carbocycles. The summed E-state index contributed by atoms with van der Waals surface area (Å²) >= 11 is 0. The lowest BCUT2D eigenvalue weighted by Gasteiger charge is -2.11. The minimum Gasteiger partial charge on any atom is -0.488 e. The quantitative estimate of drug-likeness (QED) is 0.756. The first-order chi connectivity index (χ1) is 9.22. The summed E-state index contributed by atoms with van der Waals surface area (Å²) in [4.78, 5) is 11.8. The van der Waals surface area contributed by atoms with Crippen LogP contribution in [-0.4, -0.2) is 28.8 Å². The van der Waals surface area contributed by atoms with Gasteiger partial charge >= 0.3 is 0 Å². The molecule has 6 heteroatoms. The third-order valence-corrected chi connectivity index (χ3v) is 3.05. The van der Waals surface area contributed by atoms with Crippen LogP contribution in [0.2, 0.25) is 0 Å². The molecular weight excluding hydrogens is 244 g/mol. The zero-order valence-electron chi connectivity index (χ0n) is 10.2. The Morgan fingerprint density at radius 1 is 1.53 bits per heavy atom. The van der Waals surface area contributed by atoms with Crippen LogP contribution in [0.3, 0.4) is 0 Å². The number of aromatic nitrogens is 2. The minimum atomic E-state index is -0.233. The summed E-state index contributed by atoms with van der Waals surface area (Å²) in [6, 6.07) is 9.39. The molecule has 1 aromatic carbocycles. The lowest BCUT2D eigenvalue weighted by atomic mass is 10.1. The van der Waals surface area contributed by atoms with Crippen molar-refractivity contribution < 1.29 is 9.53 Å². The number of carbonyl (C=O) groups excluding carboxylic acids is 1. The third kappa shape index (κ3) is 2.37. The smallest absolute Gasteiger partial charge is 0.269 e. The van der Waals surface area contributed by atoms with E-state index in [0.717, 1.165) is 12.2 Å². The zero-order valence-corrected chi connectivity index (χ0v) is 10.2. The molecule has 4 N–H and O–H groups in total. The van der Waals surface area contributed by atoms with Crippen molar-refractivity contribution in [3.63, 3.8) is 0 Å². The summed E-state index contributed by atoms with van der Waals surface area (Å²) in [5, 5.41) is 9.08. The van der Waals surface area contributed by atoms with E-state index >= 15 is 0 Å². The van der Waals surface area contributed by atoms with Gasteiger partial charge in [0.25, 0.3) is 5.91 Å². The van der Waals surface area contributed by atoms with Gasteiger partial charge < -0.3 is 15.8 Å². The number of nitrogen functional groups attached to an aromatic ring is 1. The van der Waals surface area contributed by atoms with Crippen molar-refractivity contribution in [2.24, 2.45) is 0 Å². The number of nitrogens with one attached hydrogen (secondary N) is 2. The predicted octanol–water partition coefficient (Wildman–Crippen LogP) is 0.725. The molecule has 1 aliphatic rings. The van der Waals surface area contributed by atoms with E-state index < -0.39 is 0 Å². The molecule has 1 amide bonds. The average Bonchev–Trinajstić information content (AvgIpc) is 3.01. The van der Waals surface area contributed by atoms with E-state index in [1.165, 1.54) is 11.6 Å². The molecule has 98 valence electrons. The van der Waals surface area contributed by atoms with Crippen molar-refractivity contribution in [1.29, 1.82) is 0 Å². The second-order valence-electron chi connectivity index (χ2n) is 4.47. The molecule has 2 aromatic rings. The van der Waals surface area contributed by atoms with Crippen LogP contribution in [0.25, 0.3) is 0 Å². The number of anilines is 1. The summed E-state index contributed by atoms with van der Waals surface area (Å²) in [5.41, 5.74) is 6.97. The highest BCUT2D eigenvalue weighted by Gasteiger charge is 2.23. The van der Waals surface area contributed by atoms with Crippen LogP contribution in [0, 0.1) is 0 Å². The molecule has 0 saturated heterocycles. The number of fused-ring (bicyclic) bond motifs is 1. The second-order valence-corrected chi connectivity index (χ2v) is 4.47. The zero-order chi connectivity index (χ0) is 13.2. The Balaban J connectivity index is 1.56. The normalized spacial score (nSPS) is 16.7. The van der Waals surface area contributed by atoms with Crippen molar-refractivity contribution >= 4 is 11.7 Å².